The van der Waals surface area contributed by atoms with Crippen LogP contribution in [0.25, 0.3) is 10.2 Å². The van der Waals surface area contributed by atoms with Crippen LogP contribution in [0.2, 0.25) is 4.34 Å². The second-order valence-corrected chi connectivity index (χ2v) is 7.94. The maximum Gasteiger partial charge on any atom is 0.270 e. The number of thiophene rings is 1. The Balaban J connectivity index is 1.54. The van der Waals surface area contributed by atoms with Gasteiger partial charge in [-0.2, -0.15) is 0 Å². The van der Waals surface area contributed by atoms with Gasteiger partial charge in [0.05, 0.1) is 16.4 Å². The molecule has 0 aliphatic carbocycles. The van der Waals surface area contributed by atoms with E-state index in [4.69, 9.17) is 16.3 Å². The summed E-state index contributed by atoms with van der Waals surface area (Å²) in [5.41, 5.74) is 1.72. The number of fused-ring (bicyclic) bond motifs is 1. The highest BCUT2D eigenvalue weighted by Crippen LogP contribution is 2.36. The number of H-pyrrole nitrogens is 1. The van der Waals surface area contributed by atoms with Gasteiger partial charge in [0.25, 0.3) is 5.91 Å². The van der Waals surface area contributed by atoms with E-state index in [1.807, 2.05) is 35.2 Å². The first-order valence-corrected chi connectivity index (χ1v) is 8.92. The molecule has 1 aliphatic heterocycles. The number of ether oxygens (including phenoxy) is 1. The minimum Gasteiger partial charge on any atom is -0.384 e. The zero-order valence-electron chi connectivity index (χ0n) is 13.2. The number of nitrogens with zero attached hydrogens (tertiary/aromatic N) is 1. The summed E-state index contributed by atoms with van der Waals surface area (Å²) in [7, 11) is 1.71. The summed E-state index contributed by atoms with van der Waals surface area (Å²) in [6, 6.07) is 14.0. The van der Waals surface area contributed by atoms with Gasteiger partial charge in [0.15, 0.2) is 0 Å². The smallest absolute Gasteiger partial charge is 0.270 e. The largest absolute Gasteiger partial charge is 0.384 e. The number of nitrogens with one attached hydrogen (secondary N) is 1. The molecular formula is C18H17ClN2O2S. The van der Waals surface area contributed by atoms with Gasteiger partial charge in [0, 0.05) is 25.6 Å². The van der Waals surface area contributed by atoms with Crippen LogP contribution in [-0.2, 0) is 10.2 Å². The molecule has 0 spiro atoms. The zero-order chi connectivity index (χ0) is 16.7. The van der Waals surface area contributed by atoms with Crippen LogP contribution in [0.4, 0.5) is 0 Å². The highest BCUT2D eigenvalue weighted by molar-refractivity contribution is 7.22. The van der Waals surface area contributed by atoms with Gasteiger partial charge in [0.1, 0.15) is 10.5 Å². The second-order valence-electron chi connectivity index (χ2n) is 6.26. The number of benzene rings is 1. The maximum atomic E-state index is 12.7. The molecule has 0 atom stereocenters. The summed E-state index contributed by atoms with van der Waals surface area (Å²) < 4.78 is 6.15. The highest BCUT2D eigenvalue weighted by Gasteiger charge is 2.46. The molecule has 0 bridgehead atoms. The molecule has 1 N–H and O–H groups in total. The topological polar surface area (TPSA) is 45.3 Å². The molecule has 4 nitrogen and oxygen atoms in total. The Kier molecular flexibility index (Phi) is 3.87. The molecule has 4 rings (SSSR count). The average Bonchev–Trinajstić information content (AvgIpc) is 3.08. The molecule has 124 valence electrons. The predicted octanol–water partition coefficient (Wildman–Crippen LogP) is 3.92. The Labute approximate surface area is 149 Å². The van der Waals surface area contributed by atoms with E-state index in [2.05, 4.69) is 17.1 Å². The molecule has 24 heavy (non-hydrogen) atoms. The lowest BCUT2D eigenvalue weighted by Gasteiger charge is -2.50. The Bertz CT molecular complexity index is 849. The number of carbonyl (C=O) groups excluding carboxylic acids is 1. The summed E-state index contributed by atoms with van der Waals surface area (Å²) in [6.07, 6.45) is 0. The van der Waals surface area contributed by atoms with E-state index in [1.165, 1.54) is 16.9 Å². The number of aromatic nitrogens is 1. The Morgan fingerprint density at radius 3 is 2.75 bits per heavy atom. The number of halogens is 1. The molecule has 0 unspecified atom stereocenters. The number of methoxy groups -OCH3 is 1. The van der Waals surface area contributed by atoms with Gasteiger partial charge in [0.2, 0.25) is 0 Å². The van der Waals surface area contributed by atoms with Gasteiger partial charge in [-0.3, -0.25) is 4.79 Å². The van der Waals surface area contributed by atoms with Crippen LogP contribution in [0, 0.1) is 0 Å². The molecule has 1 fully saturated rings. The lowest BCUT2D eigenvalue weighted by Crippen LogP contribution is -2.63. The first-order chi connectivity index (χ1) is 11.6. The fourth-order valence-corrected chi connectivity index (χ4v) is 4.56. The van der Waals surface area contributed by atoms with E-state index in [9.17, 15) is 4.79 Å². The fourth-order valence-electron chi connectivity index (χ4n) is 3.43. The number of likely N-dealkylation sites (tertiary alicyclic amines) is 1. The van der Waals surface area contributed by atoms with Gasteiger partial charge in [-0.05, 0) is 17.7 Å². The molecule has 1 aromatic carbocycles. The van der Waals surface area contributed by atoms with E-state index in [0.717, 1.165) is 14.6 Å². The SMILES string of the molecule is COCC1(c2ccccc2)CN(C(=O)c2cc3cc(Cl)sc3[nH]2)C1. The van der Waals surface area contributed by atoms with Crippen LogP contribution < -0.4 is 0 Å². The summed E-state index contributed by atoms with van der Waals surface area (Å²) in [5.74, 6) is 0.0252. The third-order valence-electron chi connectivity index (χ3n) is 4.59. The maximum absolute atomic E-state index is 12.7. The summed E-state index contributed by atoms with van der Waals surface area (Å²) >= 11 is 7.44. The van der Waals surface area contributed by atoms with Crippen molar-refractivity contribution in [2.45, 2.75) is 5.41 Å². The standard InChI is InChI=1S/C18H17ClN2O2S/c1-23-11-18(13-5-3-2-4-6-13)9-21(10-18)17(22)14-7-12-8-15(19)24-16(12)20-14/h2-8,20H,9-11H2,1H3. The molecule has 6 heteroatoms. The van der Waals surface area contributed by atoms with Gasteiger partial charge in [-0.15, -0.1) is 11.3 Å². The van der Waals surface area contributed by atoms with Gasteiger partial charge in [-0.25, -0.2) is 0 Å². The first-order valence-electron chi connectivity index (χ1n) is 7.73. The summed E-state index contributed by atoms with van der Waals surface area (Å²) in [4.78, 5) is 18.7. The average molecular weight is 361 g/mol. The van der Waals surface area contributed by atoms with Crippen molar-refractivity contribution in [1.82, 2.24) is 9.88 Å². The molecule has 0 radical (unpaired) electrons. The third kappa shape index (κ3) is 2.53. The Hall–Kier alpha value is -1.82. The molecule has 1 amide bonds. The fraction of sp³-hybridized carbons (Fsp3) is 0.278. The molecule has 3 aromatic rings. The van der Waals surface area contributed by atoms with Crippen molar-refractivity contribution in [3.05, 3.63) is 58.1 Å². The number of hydrogen-bond donors (Lipinski definition) is 1. The number of rotatable bonds is 4. The lowest BCUT2D eigenvalue weighted by molar-refractivity contribution is 0.00617. The lowest BCUT2D eigenvalue weighted by atomic mass is 9.74. The van der Waals surface area contributed by atoms with Gasteiger partial charge >= 0.3 is 0 Å². The van der Waals surface area contributed by atoms with Crippen LogP contribution in [0.1, 0.15) is 16.1 Å². The molecule has 0 saturated carbocycles. The van der Waals surface area contributed by atoms with E-state index in [-0.39, 0.29) is 11.3 Å². The summed E-state index contributed by atoms with van der Waals surface area (Å²) in [6.45, 7) is 1.93. The van der Waals surface area contributed by atoms with E-state index < -0.39 is 0 Å². The molecular weight excluding hydrogens is 344 g/mol. The Morgan fingerprint density at radius 1 is 1.33 bits per heavy atom. The molecule has 1 aliphatic rings. The van der Waals surface area contributed by atoms with Crippen molar-refractivity contribution < 1.29 is 9.53 Å². The van der Waals surface area contributed by atoms with Crippen molar-refractivity contribution in [1.29, 1.82) is 0 Å². The predicted molar refractivity (Wildman–Crippen MR) is 97.1 cm³/mol. The van der Waals surface area contributed by atoms with Crippen LogP contribution in [-0.4, -0.2) is 42.6 Å². The van der Waals surface area contributed by atoms with Crippen molar-refractivity contribution in [3.63, 3.8) is 0 Å². The van der Waals surface area contributed by atoms with Crippen molar-refractivity contribution in [2.75, 3.05) is 26.8 Å². The van der Waals surface area contributed by atoms with Crippen molar-refractivity contribution in [2.24, 2.45) is 0 Å². The minimum absolute atomic E-state index is 0.0252. The van der Waals surface area contributed by atoms with E-state index >= 15 is 0 Å². The van der Waals surface area contributed by atoms with Gasteiger partial charge < -0.3 is 14.6 Å². The van der Waals surface area contributed by atoms with Crippen LogP contribution in [0.15, 0.2) is 42.5 Å². The quantitative estimate of drug-likeness (QED) is 0.766. The second kappa shape index (κ2) is 5.92. The molecule has 2 aromatic heterocycles. The number of amides is 1. The first kappa shape index (κ1) is 15.7. The summed E-state index contributed by atoms with van der Waals surface area (Å²) in [5, 5.41) is 0.986. The van der Waals surface area contributed by atoms with Crippen LogP contribution >= 0.6 is 22.9 Å². The number of carbonyl (C=O) groups is 1. The van der Waals surface area contributed by atoms with Crippen LogP contribution in [0.5, 0.6) is 0 Å². The third-order valence-corrected chi connectivity index (χ3v) is 5.79. The van der Waals surface area contributed by atoms with E-state index in [1.54, 1.807) is 7.11 Å². The number of aromatic amines is 1. The zero-order valence-corrected chi connectivity index (χ0v) is 14.8. The molecule has 1 saturated heterocycles. The van der Waals surface area contributed by atoms with Crippen LogP contribution in [0.3, 0.4) is 0 Å². The molecule has 3 heterocycles. The Morgan fingerprint density at radius 2 is 2.08 bits per heavy atom. The van der Waals surface area contributed by atoms with Gasteiger partial charge in [-0.1, -0.05) is 41.9 Å². The normalized spacial score (nSPS) is 16.3. The van der Waals surface area contributed by atoms with E-state index in [0.29, 0.717) is 25.4 Å². The van der Waals surface area contributed by atoms with Crippen molar-refractivity contribution in [3.8, 4) is 0 Å². The monoisotopic (exact) mass is 360 g/mol. The van der Waals surface area contributed by atoms with Crippen molar-refractivity contribution >= 4 is 39.1 Å². The number of hydrogen-bond acceptors (Lipinski definition) is 3. The highest BCUT2D eigenvalue weighted by atomic mass is 35.5. The minimum atomic E-state index is -0.112.